The fourth-order valence-electron chi connectivity index (χ4n) is 1.39. The van der Waals surface area contributed by atoms with E-state index in [2.05, 4.69) is 20.4 Å². The van der Waals surface area contributed by atoms with E-state index in [0.717, 1.165) is 17.5 Å². The van der Waals surface area contributed by atoms with E-state index in [4.69, 9.17) is 0 Å². The maximum absolute atomic E-state index is 11.3. The first-order chi connectivity index (χ1) is 6.36. The summed E-state index contributed by atoms with van der Waals surface area (Å²) in [5.74, 6) is 0.943. The maximum atomic E-state index is 11.3. The predicted molar refractivity (Wildman–Crippen MR) is 46.7 cm³/mol. The third-order valence-electron chi connectivity index (χ3n) is 1.96. The molecule has 13 heavy (non-hydrogen) atoms. The number of aromatic nitrogens is 5. The fourth-order valence-corrected chi connectivity index (χ4v) is 2.33. The second kappa shape index (κ2) is 2.32. The van der Waals surface area contributed by atoms with Gasteiger partial charge in [-0.25, -0.2) is 0 Å². The van der Waals surface area contributed by atoms with Gasteiger partial charge in [0, 0.05) is 12.3 Å². The van der Waals surface area contributed by atoms with Gasteiger partial charge in [-0.05, 0) is 0 Å². The van der Waals surface area contributed by atoms with Gasteiger partial charge in [0.2, 0.25) is 0 Å². The Morgan fingerprint density at radius 3 is 3.31 bits per heavy atom. The first-order valence-corrected chi connectivity index (χ1v) is 4.79. The van der Waals surface area contributed by atoms with Crippen LogP contribution in [0.3, 0.4) is 0 Å². The van der Waals surface area contributed by atoms with Crippen molar-refractivity contribution < 1.29 is 0 Å². The second-order valence-corrected chi connectivity index (χ2v) is 3.76. The highest BCUT2D eigenvalue weighted by Gasteiger charge is 2.18. The van der Waals surface area contributed by atoms with E-state index in [1.807, 2.05) is 4.57 Å². The zero-order chi connectivity index (χ0) is 8.84. The van der Waals surface area contributed by atoms with E-state index in [0.29, 0.717) is 11.2 Å². The molecule has 1 N–H and O–H groups in total. The third kappa shape index (κ3) is 0.844. The van der Waals surface area contributed by atoms with E-state index in [9.17, 15) is 4.79 Å². The Balaban J connectivity index is 2.55. The summed E-state index contributed by atoms with van der Waals surface area (Å²) in [5.41, 5.74) is 0.635. The van der Waals surface area contributed by atoms with Crippen LogP contribution in [0.25, 0.3) is 11.2 Å². The standard InChI is InChI=1S/C6H5N5OS/c12-5-3-4(9-10-8-3)11-1-2-13-6(11)7-5/h1-2H2,(H,8,9,10). The number of hydrogen-bond donors (Lipinski definition) is 1. The van der Waals surface area contributed by atoms with Gasteiger partial charge in [0.1, 0.15) is 0 Å². The molecule has 0 saturated heterocycles. The van der Waals surface area contributed by atoms with Gasteiger partial charge in [0.15, 0.2) is 16.3 Å². The van der Waals surface area contributed by atoms with E-state index in [1.54, 1.807) is 11.8 Å². The molecule has 0 unspecified atom stereocenters. The molecule has 3 heterocycles. The minimum absolute atomic E-state index is 0.301. The molecule has 0 amide bonds. The highest BCUT2D eigenvalue weighted by molar-refractivity contribution is 7.99. The molecule has 66 valence electrons. The summed E-state index contributed by atoms with van der Waals surface area (Å²) >= 11 is 1.57. The van der Waals surface area contributed by atoms with Crippen LogP contribution in [0.4, 0.5) is 0 Å². The van der Waals surface area contributed by atoms with E-state index in [-0.39, 0.29) is 5.56 Å². The van der Waals surface area contributed by atoms with Gasteiger partial charge < -0.3 is 4.57 Å². The van der Waals surface area contributed by atoms with Gasteiger partial charge in [-0.3, -0.25) is 4.79 Å². The number of thioether (sulfide) groups is 1. The SMILES string of the molecule is O=c1nc2n(c3n[nH]nc13)CCS2. The van der Waals surface area contributed by atoms with Crippen molar-refractivity contribution in [1.82, 2.24) is 25.0 Å². The molecule has 1 aliphatic rings. The predicted octanol–water partition coefficient (Wildman–Crippen LogP) is -0.380. The second-order valence-electron chi connectivity index (χ2n) is 2.70. The first kappa shape index (κ1) is 7.07. The summed E-state index contributed by atoms with van der Waals surface area (Å²) in [5, 5.41) is 10.9. The number of rotatable bonds is 0. The molecule has 2 aromatic heterocycles. The quantitative estimate of drug-likeness (QED) is 0.580. The van der Waals surface area contributed by atoms with Gasteiger partial charge in [0.05, 0.1) is 0 Å². The van der Waals surface area contributed by atoms with Crippen LogP contribution < -0.4 is 5.56 Å². The van der Waals surface area contributed by atoms with Crippen molar-refractivity contribution in [3.63, 3.8) is 0 Å². The monoisotopic (exact) mass is 195 g/mol. The van der Waals surface area contributed by atoms with Crippen molar-refractivity contribution in [2.75, 3.05) is 5.75 Å². The van der Waals surface area contributed by atoms with Crippen LogP contribution in [-0.4, -0.2) is 30.7 Å². The summed E-state index contributed by atoms with van der Waals surface area (Å²) < 4.78 is 1.91. The molecular formula is C6H5N5OS. The largest absolute Gasteiger partial charge is 0.303 e. The van der Waals surface area contributed by atoms with Crippen molar-refractivity contribution in [2.45, 2.75) is 11.7 Å². The molecule has 7 heteroatoms. The van der Waals surface area contributed by atoms with Crippen molar-refractivity contribution in [1.29, 1.82) is 0 Å². The maximum Gasteiger partial charge on any atom is 0.303 e. The van der Waals surface area contributed by atoms with Crippen LogP contribution in [0.15, 0.2) is 9.95 Å². The Morgan fingerprint density at radius 2 is 2.38 bits per heavy atom. The van der Waals surface area contributed by atoms with Crippen molar-refractivity contribution in [3.05, 3.63) is 10.4 Å². The van der Waals surface area contributed by atoms with E-state index >= 15 is 0 Å². The Labute approximate surface area is 76.4 Å². The summed E-state index contributed by atoms with van der Waals surface area (Å²) in [4.78, 5) is 15.2. The summed E-state index contributed by atoms with van der Waals surface area (Å²) in [6.45, 7) is 0.844. The number of fused-ring (bicyclic) bond motifs is 3. The van der Waals surface area contributed by atoms with E-state index < -0.39 is 0 Å². The highest BCUT2D eigenvalue weighted by atomic mass is 32.2. The van der Waals surface area contributed by atoms with Crippen LogP contribution in [0.2, 0.25) is 0 Å². The summed E-state index contributed by atoms with van der Waals surface area (Å²) in [6.07, 6.45) is 0. The van der Waals surface area contributed by atoms with Gasteiger partial charge in [0.25, 0.3) is 0 Å². The molecule has 0 aliphatic carbocycles. The summed E-state index contributed by atoms with van der Waals surface area (Å²) in [7, 11) is 0. The Kier molecular flexibility index (Phi) is 1.26. The van der Waals surface area contributed by atoms with Crippen LogP contribution in [0, 0.1) is 0 Å². The molecule has 0 fully saturated rings. The molecule has 1 aliphatic heterocycles. The minimum Gasteiger partial charge on any atom is -0.301 e. The average Bonchev–Trinajstić information content (AvgIpc) is 2.66. The smallest absolute Gasteiger partial charge is 0.301 e. The molecule has 0 radical (unpaired) electrons. The van der Waals surface area contributed by atoms with Crippen molar-refractivity contribution in [3.8, 4) is 0 Å². The zero-order valence-electron chi connectivity index (χ0n) is 6.52. The molecule has 0 aromatic carbocycles. The van der Waals surface area contributed by atoms with Crippen LogP contribution in [0.1, 0.15) is 0 Å². The Morgan fingerprint density at radius 1 is 1.46 bits per heavy atom. The number of aryl methyl sites for hydroxylation is 1. The van der Waals surface area contributed by atoms with Gasteiger partial charge in [-0.1, -0.05) is 11.8 Å². The lowest BCUT2D eigenvalue weighted by Crippen LogP contribution is -2.12. The molecular weight excluding hydrogens is 190 g/mol. The molecule has 0 atom stereocenters. The number of hydrogen-bond acceptors (Lipinski definition) is 5. The normalized spacial score (nSPS) is 15.1. The Bertz CT molecular complexity index is 529. The Hall–Kier alpha value is -1.37. The third-order valence-corrected chi connectivity index (χ3v) is 2.92. The fraction of sp³-hybridized carbons (Fsp3) is 0.333. The van der Waals surface area contributed by atoms with E-state index in [1.165, 1.54) is 0 Å². The van der Waals surface area contributed by atoms with Gasteiger partial charge in [-0.2, -0.15) is 10.2 Å². The highest BCUT2D eigenvalue weighted by Crippen LogP contribution is 2.23. The molecule has 0 spiro atoms. The minimum atomic E-state index is -0.301. The van der Waals surface area contributed by atoms with Gasteiger partial charge >= 0.3 is 5.56 Å². The van der Waals surface area contributed by atoms with Crippen molar-refractivity contribution in [2.24, 2.45) is 0 Å². The lowest BCUT2D eigenvalue weighted by Gasteiger charge is -1.98. The summed E-state index contributed by atoms with van der Waals surface area (Å²) in [6, 6.07) is 0. The molecule has 0 bridgehead atoms. The molecule has 6 nitrogen and oxygen atoms in total. The first-order valence-electron chi connectivity index (χ1n) is 3.80. The molecule has 0 saturated carbocycles. The number of nitrogens with one attached hydrogen (secondary N) is 1. The molecule has 2 aromatic rings. The average molecular weight is 195 g/mol. The number of nitrogens with zero attached hydrogens (tertiary/aromatic N) is 4. The molecule has 3 rings (SSSR count). The lowest BCUT2D eigenvalue weighted by molar-refractivity contribution is 0.699. The van der Waals surface area contributed by atoms with Gasteiger partial charge in [-0.15, -0.1) is 10.2 Å². The van der Waals surface area contributed by atoms with Crippen LogP contribution in [0.5, 0.6) is 0 Å². The lowest BCUT2D eigenvalue weighted by atomic mass is 10.5. The van der Waals surface area contributed by atoms with Crippen molar-refractivity contribution >= 4 is 22.9 Å². The van der Waals surface area contributed by atoms with Crippen LogP contribution >= 0.6 is 11.8 Å². The number of H-pyrrole nitrogens is 1. The topological polar surface area (TPSA) is 76.5 Å². The van der Waals surface area contributed by atoms with Crippen LogP contribution in [-0.2, 0) is 6.54 Å². The zero-order valence-corrected chi connectivity index (χ0v) is 7.34. The number of aromatic amines is 1.